The second-order valence-corrected chi connectivity index (χ2v) is 20.5. The molecule has 0 fully saturated rings. The van der Waals surface area contributed by atoms with Crippen LogP contribution in [0.2, 0.25) is 0 Å². The fourth-order valence-corrected chi connectivity index (χ4v) is 8.72. The standard InChI is InChI=1S/C58H105O11P/c1-4-7-10-13-16-19-22-25-27-30-33-36-39-42-45-48-57(61)68-54(50-59)52-66-70(63,64)67-53-55(51-65-56(60)47-44-41-38-35-32-29-24-21-18-15-12-9-6-3)69-58(62)49-46-43-40-37-34-31-28-26-23-20-17-14-11-8-5-2/h8,11,17,20,26,28,34,37,54-55,59H,4-7,9-10,12-16,18-19,21-25,27,29-33,35-36,38-53H2,1-3H3,(H,63,64)/b11-8-,20-17-,28-26-,37-34-. The number of carbonyl (C=O) groups is 3. The van der Waals surface area contributed by atoms with Crippen molar-refractivity contribution in [1.82, 2.24) is 0 Å². The van der Waals surface area contributed by atoms with Gasteiger partial charge in [-0.05, 0) is 57.8 Å². The first-order chi connectivity index (χ1) is 34.2. The SMILES string of the molecule is CC/C=C\C/C=C\C/C=C\C/C=C\CCCCC(=O)OC(COC(=O)CCCCCCCCCCCCCCC)COP(=O)(O)OCC(CO)OC(=O)CCCCCCCCCCCCCCCCC. The molecule has 0 rings (SSSR count). The Labute approximate surface area is 428 Å². The molecule has 0 saturated heterocycles. The van der Waals surface area contributed by atoms with Crippen LogP contribution in [0.3, 0.4) is 0 Å². The number of aliphatic hydroxyl groups excluding tert-OH is 1. The van der Waals surface area contributed by atoms with Crippen molar-refractivity contribution in [2.24, 2.45) is 0 Å². The van der Waals surface area contributed by atoms with Gasteiger partial charge >= 0.3 is 25.7 Å². The van der Waals surface area contributed by atoms with Gasteiger partial charge in [0.05, 0.1) is 19.8 Å². The largest absolute Gasteiger partial charge is 0.472 e. The molecule has 3 unspecified atom stereocenters. The third-order valence-electron chi connectivity index (χ3n) is 12.3. The molecule has 0 heterocycles. The van der Waals surface area contributed by atoms with Crippen LogP contribution in [0.5, 0.6) is 0 Å². The van der Waals surface area contributed by atoms with E-state index in [0.717, 1.165) is 77.0 Å². The number of unbranched alkanes of at least 4 members (excludes halogenated alkanes) is 28. The lowest BCUT2D eigenvalue weighted by atomic mass is 10.0. The van der Waals surface area contributed by atoms with Crippen molar-refractivity contribution >= 4 is 25.7 Å². The van der Waals surface area contributed by atoms with Crippen LogP contribution < -0.4 is 0 Å². The van der Waals surface area contributed by atoms with Crippen molar-refractivity contribution in [2.75, 3.05) is 26.4 Å². The first-order valence-corrected chi connectivity index (χ1v) is 30.0. The fraction of sp³-hybridized carbons (Fsp3) is 0.810. The molecule has 0 saturated carbocycles. The molecule has 408 valence electrons. The summed E-state index contributed by atoms with van der Waals surface area (Å²) in [6.07, 6.45) is 55.0. The van der Waals surface area contributed by atoms with E-state index in [1.807, 2.05) is 0 Å². The minimum Gasteiger partial charge on any atom is -0.462 e. The molecule has 0 amide bonds. The molecule has 0 aromatic heterocycles. The Morgan fingerprint density at radius 2 is 0.743 bits per heavy atom. The second-order valence-electron chi connectivity index (χ2n) is 19.1. The maximum Gasteiger partial charge on any atom is 0.472 e. The molecular formula is C58H105O11P. The summed E-state index contributed by atoms with van der Waals surface area (Å²) in [6.45, 7) is 4.51. The molecule has 3 atom stereocenters. The summed E-state index contributed by atoms with van der Waals surface area (Å²) in [4.78, 5) is 48.4. The van der Waals surface area contributed by atoms with Crippen LogP contribution >= 0.6 is 7.82 Å². The summed E-state index contributed by atoms with van der Waals surface area (Å²) in [6, 6.07) is 0. The Hall–Kier alpha value is -2.56. The number of esters is 3. The highest BCUT2D eigenvalue weighted by atomic mass is 31.2. The highest BCUT2D eigenvalue weighted by Gasteiger charge is 2.28. The first kappa shape index (κ1) is 67.4. The number of phosphoric acid groups is 1. The predicted molar refractivity (Wildman–Crippen MR) is 289 cm³/mol. The van der Waals surface area contributed by atoms with Gasteiger partial charge in [0.1, 0.15) is 12.7 Å². The molecule has 0 radical (unpaired) electrons. The zero-order valence-electron chi connectivity index (χ0n) is 45.0. The zero-order valence-corrected chi connectivity index (χ0v) is 45.9. The van der Waals surface area contributed by atoms with Crippen LogP contribution in [0.4, 0.5) is 0 Å². The number of rotatable bonds is 53. The Balaban J connectivity index is 4.73. The first-order valence-electron chi connectivity index (χ1n) is 28.5. The average Bonchev–Trinajstić information content (AvgIpc) is 3.35. The highest BCUT2D eigenvalue weighted by Crippen LogP contribution is 2.43. The average molecular weight is 1010 g/mol. The number of phosphoric ester groups is 1. The molecule has 0 aromatic rings. The lowest BCUT2D eigenvalue weighted by Gasteiger charge is -2.21. The topological polar surface area (TPSA) is 155 Å². The number of hydrogen-bond donors (Lipinski definition) is 2. The van der Waals surface area contributed by atoms with E-state index in [0.29, 0.717) is 19.3 Å². The van der Waals surface area contributed by atoms with Crippen LogP contribution in [0, 0.1) is 0 Å². The van der Waals surface area contributed by atoms with Gasteiger partial charge in [-0.1, -0.05) is 236 Å². The van der Waals surface area contributed by atoms with E-state index in [2.05, 4.69) is 69.4 Å². The van der Waals surface area contributed by atoms with E-state index in [1.54, 1.807) is 0 Å². The van der Waals surface area contributed by atoms with Gasteiger partial charge in [0.15, 0.2) is 6.10 Å². The summed E-state index contributed by atoms with van der Waals surface area (Å²) in [5, 5.41) is 9.81. The van der Waals surface area contributed by atoms with Gasteiger partial charge in [-0.15, -0.1) is 0 Å². The highest BCUT2D eigenvalue weighted by molar-refractivity contribution is 7.47. The maximum atomic E-state index is 12.9. The fourth-order valence-electron chi connectivity index (χ4n) is 7.94. The monoisotopic (exact) mass is 1010 g/mol. The zero-order chi connectivity index (χ0) is 51.3. The summed E-state index contributed by atoms with van der Waals surface area (Å²) in [5.74, 6) is -1.50. The summed E-state index contributed by atoms with van der Waals surface area (Å²) >= 11 is 0. The lowest BCUT2D eigenvalue weighted by Crippen LogP contribution is -2.30. The molecule has 0 aliphatic rings. The number of allylic oxidation sites excluding steroid dienone is 8. The van der Waals surface area contributed by atoms with Gasteiger partial charge in [-0.2, -0.15) is 0 Å². The van der Waals surface area contributed by atoms with E-state index in [4.69, 9.17) is 23.3 Å². The maximum absolute atomic E-state index is 12.9. The molecule has 0 aromatic carbocycles. The van der Waals surface area contributed by atoms with Gasteiger partial charge in [0.2, 0.25) is 0 Å². The van der Waals surface area contributed by atoms with Gasteiger partial charge in [-0.3, -0.25) is 23.4 Å². The summed E-state index contributed by atoms with van der Waals surface area (Å²) in [5.41, 5.74) is 0. The van der Waals surface area contributed by atoms with E-state index < -0.39 is 57.8 Å². The number of carbonyl (C=O) groups excluding carboxylic acids is 3. The molecule has 0 spiro atoms. The lowest BCUT2D eigenvalue weighted by molar-refractivity contribution is -0.161. The minimum atomic E-state index is -4.75. The van der Waals surface area contributed by atoms with Crippen molar-refractivity contribution in [3.8, 4) is 0 Å². The van der Waals surface area contributed by atoms with E-state index >= 15 is 0 Å². The van der Waals surface area contributed by atoms with Crippen molar-refractivity contribution in [1.29, 1.82) is 0 Å². The quantitative estimate of drug-likeness (QED) is 0.0197. The number of ether oxygens (including phenoxy) is 3. The summed E-state index contributed by atoms with van der Waals surface area (Å²) in [7, 11) is -4.75. The van der Waals surface area contributed by atoms with Crippen molar-refractivity contribution < 1.29 is 52.2 Å². The molecular weight excluding hydrogens is 904 g/mol. The minimum absolute atomic E-state index is 0.118. The number of hydrogen-bond acceptors (Lipinski definition) is 10. The van der Waals surface area contributed by atoms with Crippen LogP contribution in [0.15, 0.2) is 48.6 Å². The van der Waals surface area contributed by atoms with Gasteiger partial charge in [0.25, 0.3) is 0 Å². The third-order valence-corrected chi connectivity index (χ3v) is 13.2. The van der Waals surface area contributed by atoms with Gasteiger partial charge < -0.3 is 24.2 Å². The molecule has 12 heteroatoms. The molecule has 0 aliphatic heterocycles. The van der Waals surface area contributed by atoms with Crippen molar-refractivity contribution in [3.63, 3.8) is 0 Å². The van der Waals surface area contributed by atoms with Gasteiger partial charge in [-0.25, -0.2) is 4.57 Å². The van der Waals surface area contributed by atoms with E-state index in [-0.39, 0.29) is 25.9 Å². The Bertz CT molecular complexity index is 1360. The van der Waals surface area contributed by atoms with Crippen molar-refractivity contribution in [2.45, 2.75) is 277 Å². The molecule has 0 aliphatic carbocycles. The van der Waals surface area contributed by atoms with Gasteiger partial charge in [0, 0.05) is 19.3 Å². The van der Waals surface area contributed by atoms with Crippen LogP contribution in [0.1, 0.15) is 265 Å². The van der Waals surface area contributed by atoms with E-state index in [1.165, 1.54) is 128 Å². The third kappa shape index (κ3) is 50.4. The Morgan fingerprint density at radius 3 is 1.14 bits per heavy atom. The van der Waals surface area contributed by atoms with Crippen LogP contribution in [-0.4, -0.2) is 66.5 Å². The number of aliphatic hydroxyl groups is 1. The van der Waals surface area contributed by atoms with Crippen LogP contribution in [-0.2, 0) is 42.2 Å². The Kier molecular flexibility index (Phi) is 50.8. The van der Waals surface area contributed by atoms with Crippen LogP contribution in [0.25, 0.3) is 0 Å². The normalized spacial score (nSPS) is 13.7. The van der Waals surface area contributed by atoms with E-state index in [9.17, 15) is 28.9 Å². The summed E-state index contributed by atoms with van der Waals surface area (Å²) < 4.78 is 39.4. The molecule has 0 bridgehead atoms. The Morgan fingerprint density at radius 1 is 0.414 bits per heavy atom. The molecule has 70 heavy (non-hydrogen) atoms. The second kappa shape index (κ2) is 52.8. The predicted octanol–water partition coefficient (Wildman–Crippen LogP) is 16.6. The molecule has 2 N–H and O–H groups in total. The smallest absolute Gasteiger partial charge is 0.462 e. The van der Waals surface area contributed by atoms with Crippen molar-refractivity contribution in [3.05, 3.63) is 48.6 Å². The molecule has 11 nitrogen and oxygen atoms in total.